The molecule has 0 atom stereocenters. The number of nitrogens with zero attached hydrogens (tertiary/aromatic N) is 3. The lowest BCUT2D eigenvalue weighted by Gasteiger charge is -2.12. The highest BCUT2D eigenvalue weighted by Crippen LogP contribution is 2.20. The molecule has 0 spiro atoms. The Morgan fingerprint density at radius 1 is 1.47 bits per heavy atom. The van der Waals surface area contributed by atoms with E-state index in [0.717, 1.165) is 0 Å². The molecule has 6 nitrogen and oxygen atoms in total. The van der Waals surface area contributed by atoms with E-state index in [9.17, 15) is 9.59 Å². The third-order valence-electron chi connectivity index (χ3n) is 2.22. The van der Waals surface area contributed by atoms with Crippen LogP contribution in [0.5, 0.6) is 0 Å². The highest BCUT2D eigenvalue weighted by molar-refractivity contribution is 9.09. The van der Waals surface area contributed by atoms with E-state index in [1.54, 1.807) is 28.1 Å². The highest BCUT2D eigenvalue weighted by Gasteiger charge is 2.22. The molecular weight excluding hydrogens is 288 g/mol. The number of anilines is 1. The number of aromatic nitrogens is 2. The number of hydrogen-bond donors (Lipinski definition) is 1. The molecule has 0 aliphatic rings. The Hall–Kier alpha value is -1.37. The molecule has 0 aliphatic heterocycles. The molecule has 1 heterocycles. The van der Waals surface area contributed by atoms with E-state index in [4.69, 9.17) is 0 Å². The molecule has 0 aliphatic carbocycles. The fourth-order valence-electron chi connectivity index (χ4n) is 1.44. The Morgan fingerprint density at radius 3 is 2.53 bits per heavy atom. The van der Waals surface area contributed by atoms with Crippen LogP contribution in [-0.4, -0.2) is 45.9 Å². The van der Waals surface area contributed by atoms with Crippen molar-refractivity contribution in [1.29, 1.82) is 0 Å². The second kappa shape index (κ2) is 5.31. The molecule has 1 N–H and O–H groups in total. The van der Waals surface area contributed by atoms with Crippen LogP contribution in [0.15, 0.2) is 0 Å². The SMILES string of the molecule is Cc1nn(C)c(C(=O)N(C)C)c1NC(=O)CBr. The van der Waals surface area contributed by atoms with Crippen molar-refractivity contribution in [3.8, 4) is 0 Å². The van der Waals surface area contributed by atoms with Crippen molar-refractivity contribution >= 4 is 33.4 Å². The van der Waals surface area contributed by atoms with E-state index in [2.05, 4.69) is 26.3 Å². The van der Waals surface area contributed by atoms with Crippen LogP contribution >= 0.6 is 15.9 Å². The van der Waals surface area contributed by atoms with E-state index in [1.165, 1.54) is 9.58 Å². The summed E-state index contributed by atoms with van der Waals surface area (Å²) in [5.74, 6) is -0.410. The van der Waals surface area contributed by atoms with Crippen molar-refractivity contribution in [2.24, 2.45) is 7.05 Å². The van der Waals surface area contributed by atoms with Gasteiger partial charge in [-0.25, -0.2) is 0 Å². The van der Waals surface area contributed by atoms with Gasteiger partial charge >= 0.3 is 0 Å². The summed E-state index contributed by atoms with van der Waals surface area (Å²) in [7, 11) is 4.98. The first-order valence-electron chi connectivity index (χ1n) is 4.99. The lowest BCUT2D eigenvalue weighted by Crippen LogP contribution is -2.26. The molecule has 0 bridgehead atoms. The minimum absolute atomic E-state index is 0.178. The monoisotopic (exact) mass is 302 g/mol. The van der Waals surface area contributed by atoms with Crippen molar-refractivity contribution in [2.75, 3.05) is 24.7 Å². The third kappa shape index (κ3) is 2.85. The first-order valence-corrected chi connectivity index (χ1v) is 6.11. The van der Waals surface area contributed by atoms with Crippen LogP contribution in [0.25, 0.3) is 0 Å². The minimum atomic E-state index is -0.214. The predicted molar refractivity (Wildman–Crippen MR) is 68.4 cm³/mol. The van der Waals surface area contributed by atoms with E-state index in [1.807, 2.05) is 0 Å². The van der Waals surface area contributed by atoms with Gasteiger partial charge in [0.1, 0.15) is 5.69 Å². The summed E-state index contributed by atoms with van der Waals surface area (Å²) in [6.45, 7) is 1.75. The summed E-state index contributed by atoms with van der Waals surface area (Å²) < 4.78 is 1.47. The number of hydrogen-bond acceptors (Lipinski definition) is 3. The lowest BCUT2D eigenvalue weighted by atomic mass is 10.2. The molecule has 0 saturated carbocycles. The van der Waals surface area contributed by atoms with Crippen molar-refractivity contribution < 1.29 is 9.59 Å². The van der Waals surface area contributed by atoms with Gasteiger partial charge in [-0.1, -0.05) is 15.9 Å². The molecule has 7 heteroatoms. The quantitative estimate of drug-likeness (QED) is 0.839. The van der Waals surface area contributed by atoms with Gasteiger partial charge in [0.05, 0.1) is 16.7 Å². The Balaban J connectivity index is 3.19. The van der Waals surface area contributed by atoms with Gasteiger partial charge in [0.15, 0.2) is 0 Å². The van der Waals surface area contributed by atoms with Crippen LogP contribution in [-0.2, 0) is 11.8 Å². The van der Waals surface area contributed by atoms with Crippen molar-refractivity contribution in [2.45, 2.75) is 6.92 Å². The number of alkyl halides is 1. The highest BCUT2D eigenvalue weighted by atomic mass is 79.9. The summed E-state index contributed by atoms with van der Waals surface area (Å²) >= 11 is 3.06. The zero-order chi connectivity index (χ0) is 13.2. The van der Waals surface area contributed by atoms with Crippen molar-refractivity contribution in [3.63, 3.8) is 0 Å². The summed E-state index contributed by atoms with van der Waals surface area (Å²) in [6, 6.07) is 0. The standard InChI is InChI=1S/C10H15BrN4O2/c1-6-8(12-7(16)5-11)9(15(4)13-6)10(17)14(2)3/h5H2,1-4H3,(H,12,16). The first-order chi connectivity index (χ1) is 7.88. The van der Waals surface area contributed by atoms with Crippen LogP contribution in [0.4, 0.5) is 5.69 Å². The molecule has 94 valence electrons. The smallest absolute Gasteiger partial charge is 0.273 e. The molecule has 1 aromatic rings. The fourth-order valence-corrected chi connectivity index (χ4v) is 1.58. The summed E-state index contributed by atoms with van der Waals surface area (Å²) in [4.78, 5) is 24.8. The molecule has 0 unspecified atom stereocenters. The molecular formula is C10H15BrN4O2. The summed E-state index contributed by atoms with van der Waals surface area (Å²) in [5, 5.41) is 6.99. The van der Waals surface area contributed by atoms with Crippen molar-refractivity contribution in [1.82, 2.24) is 14.7 Å². The summed E-state index contributed by atoms with van der Waals surface area (Å²) in [6.07, 6.45) is 0. The average Bonchev–Trinajstić information content (AvgIpc) is 2.52. The molecule has 17 heavy (non-hydrogen) atoms. The normalized spacial score (nSPS) is 10.2. The van der Waals surface area contributed by atoms with Crippen LogP contribution in [0.1, 0.15) is 16.2 Å². The maximum Gasteiger partial charge on any atom is 0.273 e. The van der Waals surface area contributed by atoms with Gasteiger partial charge < -0.3 is 10.2 Å². The van der Waals surface area contributed by atoms with Crippen LogP contribution < -0.4 is 5.32 Å². The molecule has 0 fully saturated rings. The van der Waals surface area contributed by atoms with Gasteiger partial charge in [-0.2, -0.15) is 5.10 Å². The number of halogens is 1. The van der Waals surface area contributed by atoms with Crippen molar-refractivity contribution in [3.05, 3.63) is 11.4 Å². The van der Waals surface area contributed by atoms with E-state index in [-0.39, 0.29) is 17.1 Å². The zero-order valence-electron chi connectivity index (χ0n) is 10.2. The Kier molecular flexibility index (Phi) is 4.28. The maximum atomic E-state index is 12.0. The number of nitrogens with one attached hydrogen (secondary N) is 1. The minimum Gasteiger partial charge on any atom is -0.343 e. The van der Waals surface area contributed by atoms with Crippen LogP contribution in [0, 0.1) is 6.92 Å². The molecule has 0 radical (unpaired) electrons. The third-order valence-corrected chi connectivity index (χ3v) is 2.73. The van der Waals surface area contributed by atoms with E-state index >= 15 is 0 Å². The topological polar surface area (TPSA) is 67.2 Å². The second-order valence-corrected chi connectivity index (χ2v) is 4.37. The molecule has 0 saturated heterocycles. The first kappa shape index (κ1) is 13.7. The number of rotatable bonds is 3. The predicted octanol–water partition coefficient (Wildman–Crippen LogP) is 0.764. The van der Waals surface area contributed by atoms with E-state index < -0.39 is 0 Å². The van der Waals surface area contributed by atoms with Gasteiger partial charge in [-0.3, -0.25) is 14.3 Å². The van der Waals surface area contributed by atoms with Gasteiger partial charge in [-0.05, 0) is 6.92 Å². The molecule has 1 aromatic heterocycles. The largest absolute Gasteiger partial charge is 0.343 e. The molecule has 2 amide bonds. The zero-order valence-corrected chi connectivity index (χ0v) is 11.8. The Morgan fingerprint density at radius 2 is 2.06 bits per heavy atom. The lowest BCUT2D eigenvalue weighted by molar-refractivity contribution is -0.113. The molecule has 1 rings (SSSR count). The maximum absolute atomic E-state index is 12.0. The number of amides is 2. The van der Waals surface area contributed by atoms with Crippen LogP contribution in [0.3, 0.4) is 0 Å². The van der Waals surface area contributed by atoms with Gasteiger partial charge in [0.2, 0.25) is 5.91 Å². The summed E-state index contributed by atoms with van der Waals surface area (Å²) in [5.41, 5.74) is 1.46. The average molecular weight is 303 g/mol. The van der Waals surface area contributed by atoms with Gasteiger partial charge in [0, 0.05) is 21.1 Å². The second-order valence-electron chi connectivity index (χ2n) is 3.81. The van der Waals surface area contributed by atoms with Crippen LogP contribution in [0.2, 0.25) is 0 Å². The number of carbonyl (C=O) groups excluding carboxylic acids is 2. The van der Waals surface area contributed by atoms with Gasteiger partial charge in [0.25, 0.3) is 5.91 Å². The number of aryl methyl sites for hydroxylation is 2. The Labute approximate surface area is 108 Å². The fraction of sp³-hybridized carbons (Fsp3) is 0.500. The van der Waals surface area contributed by atoms with Gasteiger partial charge in [-0.15, -0.1) is 0 Å². The Bertz CT molecular complexity index is 453. The number of carbonyl (C=O) groups is 2. The van der Waals surface area contributed by atoms with E-state index in [0.29, 0.717) is 17.1 Å². The molecule has 0 aromatic carbocycles.